The van der Waals surface area contributed by atoms with E-state index in [4.69, 9.17) is 4.74 Å². The lowest BCUT2D eigenvalue weighted by molar-refractivity contribution is 0.0907. The third-order valence-corrected chi connectivity index (χ3v) is 3.35. The van der Waals surface area contributed by atoms with Crippen LogP contribution in [0.2, 0.25) is 0 Å². The molecule has 1 saturated heterocycles. The number of nitrogens with zero attached hydrogens (tertiary/aromatic N) is 2. The minimum absolute atomic E-state index is 0.0807. The molecule has 0 bridgehead atoms. The summed E-state index contributed by atoms with van der Waals surface area (Å²) >= 11 is 0. The first kappa shape index (κ1) is 12.1. The van der Waals surface area contributed by atoms with Crippen LogP contribution in [0.25, 0.3) is 11.0 Å². The van der Waals surface area contributed by atoms with Crippen LogP contribution in [-0.2, 0) is 4.74 Å². The van der Waals surface area contributed by atoms with E-state index in [1.165, 1.54) is 0 Å². The highest BCUT2D eigenvalue weighted by molar-refractivity contribution is 5.97. The number of amides is 1. The number of fused-ring (bicyclic) bond motifs is 1. The topological polar surface area (TPSA) is 79.9 Å². The van der Waals surface area contributed by atoms with Crippen LogP contribution in [0.4, 0.5) is 0 Å². The molecule has 1 fully saturated rings. The highest BCUT2D eigenvalue weighted by Gasteiger charge is 2.15. The number of rotatable bonds is 4. The number of aromatic nitrogens is 3. The molecular weight excluding hydrogens is 244 g/mol. The minimum atomic E-state index is -0.0807. The van der Waals surface area contributed by atoms with Gasteiger partial charge in [-0.2, -0.15) is 15.4 Å². The molecule has 0 saturated carbocycles. The van der Waals surface area contributed by atoms with E-state index in [1.54, 1.807) is 18.2 Å². The molecule has 1 aromatic heterocycles. The van der Waals surface area contributed by atoms with Crippen molar-refractivity contribution in [3.63, 3.8) is 0 Å². The van der Waals surface area contributed by atoms with E-state index in [-0.39, 0.29) is 5.91 Å². The second-order valence-electron chi connectivity index (χ2n) is 4.71. The van der Waals surface area contributed by atoms with Gasteiger partial charge in [-0.3, -0.25) is 4.79 Å². The summed E-state index contributed by atoms with van der Waals surface area (Å²) in [5.41, 5.74) is 2.07. The van der Waals surface area contributed by atoms with E-state index in [0.29, 0.717) is 23.7 Å². The Kier molecular flexibility index (Phi) is 3.41. The van der Waals surface area contributed by atoms with Crippen molar-refractivity contribution in [3.8, 4) is 0 Å². The summed E-state index contributed by atoms with van der Waals surface area (Å²) in [5, 5.41) is 13.4. The van der Waals surface area contributed by atoms with Crippen LogP contribution in [0.1, 0.15) is 29.6 Å². The maximum Gasteiger partial charge on any atom is 0.251 e. The molecule has 100 valence electrons. The zero-order valence-corrected chi connectivity index (χ0v) is 10.6. The molecule has 2 N–H and O–H groups in total. The van der Waals surface area contributed by atoms with Crippen LogP contribution in [0.5, 0.6) is 0 Å². The number of ether oxygens (including phenoxy) is 1. The SMILES string of the molecule is O=C(NCCC1CCCO1)c1ccc2n[nH]nc2c1. The minimum Gasteiger partial charge on any atom is -0.378 e. The Morgan fingerprint density at radius 1 is 1.42 bits per heavy atom. The molecule has 0 aliphatic carbocycles. The Morgan fingerprint density at radius 2 is 2.32 bits per heavy atom. The zero-order valence-electron chi connectivity index (χ0n) is 10.6. The number of carbonyl (C=O) groups is 1. The van der Waals surface area contributed by atoms with E-state index in [1.807, 2.05) is 0 Å². The van der Waals surface area contributed by atoms with Gasteiger partial charge in [0.1, 0.15) is 11.0 Å². The van der Waals surface area contributed by atoms with Gasteiger partial charge in [0.25, 0.3) is 5.91 Å². The predicted octanol–water partition coefficient (Wildman–Crippen LogP) is 1.26. The Morgan fingerprint density at radius 3 is 3.16 bits per heavy atom. The van der Waals surface area contributed by atoms with Gasteiger partial charge in [0, 0.05) is 18.7 Å². The summed E-state index contributed by atoms with van der Waals surface area (Å²) < 4.78 is 5.51. The van der Waals surface area contributed by atoms with Gasteiger partial charge >= 0.3 is 0 Å². The van der Waals surface area contributed by atoms with Crippen LogP contribution in [0, 0.1) is 0 Å². The van der Waals surface area contributed by atoms with Crippen molar-refractivity contribution < 1.29 is 9.53 Å². The number of aromatic amines is 1. The van der Waals surface area contributed by atoms with Gasteiger partial charge in [0.15, 0.2) is 0 Å². The lowest BCUT2D eigenvalue weighted by Gasteiger charge is -2.10. The van der Waals surface area contributed by atoms with Crippen LogP contribution >= 0.6 is 0 Å². The fourth-order valence-electron chi connectivity index (χ4n) is 2.30. The smallest absolute Gasteiger partial charge is 0.251 e. The first-order valence-electron chi connectivity index (χ1n) is 6.53. The quantitative estimate of drug-likeness (QED) is 0.867. The summed E-state index contributed by atoms with van der Waals surface area (Å²) in [7, 11) is 0. The lowest BCUT2D eigenvalue weighted by Crippen LogP contribution is -2.26. The Bertz CT molecular complexity index is 575. The second kappa shape index (κ2) is 5.36. The van der Waals surface area contributed by atoms with Crippen molar-refractivity contribution in [2.45, 2.75) is 25.4 Å². The highest BCUT2D eigenvalue weighted by atomic mass is 16.5. The third kappa shape index (κ3) is 2.73. The van der Waals surface area contributed by atoms with Gasteiger partial charge in [-0.15, -0.1) is 0 Å². The van der Waals surface area contributed by atoms with Crippen molar-refractivity contribution in [1.82, 2.24) is 20.7 Å². The molecule has 1 aliphatic rings. The third-order valence-electron chi connectivity index (χ3n) is 3.35. The second-order valence-corrected chi connectivity index (χ2v) is 4.71. The maximum atomic E-state index is 12.0. The van der Waals surface area contributed by atoms with Crippen molar-refractivity contribution >= 4 is 16.9 Å². The molecule has 0 radical (unpaired) electrons. The van der Waals surface area contributed by atoms with Gasteiger partial charge in [0.2, 0.25) is 0 Å². The van der Waals surface area contributed by atoms with Gasteiger partial charge in [-0.1, -0.05) is 0 Å². The van der Waals surface area contributed by atoms with E-state index in [0.717, 1.165) is 31.4 Å². The van der Waals surface area contributed by atoms with Crippen LogP contribution in [0.3, 0.4) is 0 Å². The average molecular weight is 260 g/mol. The molecule has 1 amide bonds. The van der Waals surface area contributed by atoms with E-state index in [9.17, 15) is 4.79 Å². The molecule has 19 heavy (non-hydrogen) atoms. The molecule has 1 aromatic carbocycles. The van der Waals surface area contributed by atoms with Gasteiger partial charge in [-0.05, 0) is 37.5 Å². The molecule has 6 nitrogen and oxygen atoms in total. The number of carbonyl (C=O) groups excluding carboxylic acids is 1. The Labute approximate surface area is 110 Å². The fourth-order valence-corrected chi connectivity index (χ4v) is 2.30. The normalized spacial score (nSPS) is 18.8. The molecule has 6 heteroatoms. The molecule has 2 heterocycles. The summed E-state index contributed by atoms with van der Waals surface area (Å²) in [6.45, 7) is 1.49. The van der Waals surface area contributed by atoms with Crippen molar-refractivity contribution in [2.24, 2.45) is 0 Å². The lowest BCUT2D eigenvalue weighted by atomic mass is 10.1. The number of hydrogen-bond donors (Lipinski definition) is 2. The van der Waals surface area contributed by atoms with Crippen molar-refractivity contribution in [2.75, 3.05) is 13.2 Å². The molecule has 1 aliphatic heterocycles. The molecule has 3 rings (SSSR count). The largest absolute Gasteiger partial charge is 0.378 e. The monoisotopic (exact) mass is 260 g/mol. The van der Waals surface area contributed by atoms with Crippen LogP contribution in [-0.4, -0.2) is 40.6 Å². The van der Waals surface area contributed by atoms with Gasteiger partial charge in [-0.25, -0.2) is 0 Å². The van der Waals surface area contributed by atoms with E-state index in [2.05, 4.69) is 20.7 Å². The summed E-state index contributed by atoms with van der Waals surface area (Å²) in [6.07, 6.45) is 3.40. The first-order chi connectivity index (χ1) is 9.33. The predicted molar refractivity (Wildman–Crippen MR) is 69.8 cm³/mol. The molecular formula is C13H16N4O2. The highest BCUT2D eigenvalue weighted by Crippen LogP contribution is 2.14. The van der Waals surface area contributed by atoms with Crippen LogP contribution in [0.15, 0.2) is 18.2 Å². The molecule has 1 atom stereocenters. The Hall–Kier alpha value is -1.95. The molecule has 2 aromatic rings. The first-order valence-corrected chi connectivity index (χ1v) is 6.53. The van der Waals surface area contributed by atoms with E-state index >= 15 is 0 Å². The number of nitrogens with one attached hydrogen (secondary N) is 2. The zero-order chi connectivity index (χ0) is 13.1. The Balaban J connectivity index is 1.56. The van der Waals surface area contributed by atoms with Crippen molar-refractivity contribution in [1.29, 1.82) is 0 Å². The van der Waals surface area contributed by atoms with Crippen molar-refractivity contribution in [3.05, 3.63) is 23.8 Å². The fraction of sp³-hybridized carbons (Fsp3) is 0.462. The average Bonchev–Trinajstić information content (AvgIpc) is 3.08. The van der Waals surface area contributed by atoms with Gasteiger partial charge in [0.05, 0.1) is 6.10 Å². The molecule has 0 spiro atoms. The van der Waals surface area contributed by atoms with Gasteiger partial charge < -0.3 is 10.1 Å². The summed E-state index contributed by atoms with van der Waals surface area (Å²) in [5.74, 6) is -0.0807. The maximum absolute atomic E-state index is 12.0. The van der Waals surface area contributed by atoms with Crippen LogP contribution < -0.4 is 5.32 Å². The summed E-state index contributed by atoms with van der Waals surface area (Å²) in [4.78, 5) is 12.0. The van der Waals surface area contributed by atoms with E-state index < -0.39 is 0 Å². The number of benzene rings is 1. The number of hydrogen-bond acceptors (Lipinski definition) is 4. The number of H-pyrrole nitrogens is 1. The summed E-state index contributed by atoms with van der Waals surface area (Å²) in [6, 6.07) is 5.28. The standard InChI is InChI=1S/C13H16N4O2/c18-13(14-6-5-10-2-1-7-19-10)9-3-4-11-12(8-9)16-17-15-11/h3-4,8,10H,1-2,5-7H2,(H,14,18)(H,15,16,17). The molecule has 1 unspecified atom stereocenters.